The molecule has 0 spiro atoms. The molecule has 1 fully saturated rings. The molecule has 0 bridgehead atoms. The maximum absolute atomic E-state index is 13.0. The van der Waals surface area contributed by atoms with Crippen molar-refractivity contribution in [1.29, 1.82) is 0 Å². The van der Waals surface area contributed by atoms with Crippen LogP contribution in [-0.2, 0) is 20.8 Å². The van der Waals surface area contributed by atoms with E-state index in [1.54, 1.807) is 21.0 Å². The van der Waals surface area contributed by atoms with Crippen LogP contribution in [0.25, 0.3) is 10.2 Å². The van der Waals surface area contributed by atoms with E-state index in [1.807, 2.05) is 24.3 Å². The van der Waals surface area contributed by atoms with Crippen molar-refractivity contribution in [3.8, 4) is 5.75 Å². The minimum atomic E-state index is -0.565. The van der Waals surface area contributed by atoms with Crippen LogP contribution in [0.15, 0.2) is 33.9 Å². The van der Waals surface area contributed by atoms with Gasteiger partial charge in [-0.25, -0.2) is 9.59 Å². The molecule has 1 atom stereocenters. The van der Waals surface area contributed by atoms with Crippen molar-refractivity contribution in [2.75, 3.05) is 26.9 Å². The predicted octanol–water partition coefficient (Wildman–Crippen LogP) is 3.18. The van der Waals surface area contributed by atoms with Crippen LogP contribution in [0.5, 0.6) is 5.75 Å². The number of aromatic nitrogens is 2. The molecule has 182 valence electrons. The lowest BCUT2D eigenvalue weighted by Crippen LogP contribution is -2.33. The molecule has 3 heterocycles. The Bertz CT molecular complexity index is 1290. The van der Waals surface area contributed by atoms with Gasteiger partial charge < -0.3 is 18.9 Å². The minimum Gasteiger partial charge on any atom is -0.496 e. The number of ether oxygens (including phenoxy) is 4. The summed E-state index contributed by atoms with van der Waals surface area (Å²) in [6, 6.07) is 7.50. The highest BCUT2D eigenvalue weighted by Gasteiger charge is 2.27. The van der Waals surface area contributed by atoms with Crippen LogP contribution in [-0.4, -0.2) is 48.6 Å². The highest BCUT2D eigenvalue weighted by atomic mass is 32.1. The van der Waals surface area contributed by atoms with Crippen LogP contribution in [0.3, 0.4) is 0 Å². The molecular formula is C24H28N2O7S. The Labute approximate surface area is 200 Å². The first-order valence-electron chi connectivity index (χ1n) is 11.2. The molecule has 0 saturated carbocycles. The van der Waals surface area contributed by atoms with Gasteiger partial charge in [-0.05, 0) is 38.3 Å². The third-order valence-electron chi connectivity index (χ3n) is 5.89. The molecule has 2 aromatic heterocycles. The van der Waals surface area contributed by atoms with Gasteiger partial charge in [-0.15, -0.1) is 11.3 Å². The molecule has 34 heavy (non-hydrogen) atoms. The van der Waals surface area contributed by atoms with Crippen LogP contribution in [0.2, 0.25) is 0 Å². The lowest BCUT2D eigenvalue weighted by molar-refractivity contribution is -0.0752. The number of aromatic amines is 1. The molecule has 1 aromatic carbocycles. The summed E-state index contributed by atoms with van der Waals surface area (Å²) in [5.41, 5.74) is 0.193. The summed E-state index contributed by atoms with van der Waals surface area (Å²) in [5, 5.41) is 0.303. The van der Waals surface area contributed by atoms with Gasteiger partial charge in [0.1, 0.15) is 21.6 Å². The standard InChI is InChI=1S/C24H28N2O7S/c1-4-32-23(28)20-14(2)19-21(27)25-24(29)26(22(19)34-20)13-18(33-15-9-11-31-12-10-15)16-7-5-6-8-17(16)30-3/h5-8,15,18H,4,9-13H2,1-3H3,(H,25,27,29)/t18-/m0/s1. The summed E-state index contributed by atoms with van der Waals surface area (Å²) in [6.45, 7) is 4.97. The number of hydrogen-bond acceptors (Lipinski definition) is 8. The normalized spacial score (nSPS) is 15.4. The quantitative estimate of drug-likeness (QED) is 0.485. The summed E-state index contributed by atoms with van der Waals surface area (Å²) in [4.78, 5) is 41.2. The first kappa shape index (κ1) is 24.2. The third-order valence-corrected chi connectivity index (χ3v) is 7.18. The first-order valence-corrected chi connectivity index (χ1v) is 12.1. The zero-order valence-electron chi connectivity index (χ0n) is 19.4. The second-order valence-electron chi connectivity index (χ2n) is 8.01. The van der Waals surface area contributed by atoms with Crippen molar-refractivity contribution in [3.05, 3.63) is 61.1 Å². The molecule has 10 heteroatoms. The molecule has 1 aliphatic heterocycles. The molecule has 9 nitrogen and oxygen atoms in total. The molecule has 4 rings (SSSR count). The highest BCUT2D eigenvalue weighted by Crippen LogP contribution is 2.34. The number of esters is 1. The topological polar surface area (TPSA) is 109 Å². The summed E-state index contributed by atoms with van der Waals surface area (Å²) in [6.07, 6.45) is 0.914. The van der Waals surface area contributed by atoms with Crippen molar-refractivity contribution in [3.63, 3.8) is 0 Å². The van der Waals surface area contributed by atoms with Crippen LogP contribution >= 0.6 is 11.3 Å². The van der Waals surface area contributed by atoms with Gasteiger partial charge in [0.05, 0.1) is 31.8 Å². The number of nitrogens with zero attached hydrogens (tertiary/aromatic N) is 1. The smallest absolute Gasteiger partial charge is 0.348 e. The van der Waals surface area contributed by atoms with E-state index in [9.17, 15) is 14.4 Å². The van der Waals surface area contributed by atoms with Gasteiger partial charge in [0.2, 0.25) is 0 Å². The fourth-order valence-electron chi connectivity index (χ4n) is 4.19. The van der Waals surface area contributed by atoms with Gasteiger partial charge >= 0.3 is 11.7 Å². The molecule has 3 aromatic rings. The van der Waals surface area contributed by atoms with Gasteiger partial charge in [-0.1, -0.05) is 18.2 Å². The fraction of sp³-hybridized carbons (Fsp3) is 0.458. The molecule has 1 saturated heterocycles. The van der Waals surface area contributed by atoms with E-state index in [4.69, 9.17) is 18.9 Å². The van der Waals surface area contributed by atoms with Gasteiger partial charge in [0, 0.05) is 18.8 Å². The van der Waals surface area contributed by atoms with E-state index in [0.717, 1.165) is 29.7 Å². The Morgan fingerprint density at radius 2 is 2.00 bits per heavy atom. The number of benzene rings is 1. The zero-order chi connectivity index (χ0) is 24.2. The Kier molecular flexibility index (Phi) is 7.50. The Morgan fingerprint density at radius 3 is 2.71 bits per heavy atom. The second kappa shape index (κ2) is 10.5. The summed E-state index contributed by atoms with van der Waals surface area (Å²) < 4.78 is 24.1. The largest absolute Gasteiger partial charge is 0.496 e. The van der Waals surface area contributed by atoms with E-state index < -0.39 is 23.3 Å². The maximum Gasteiger partial charge on any atom is 0.348 e. The van der Waals surface area contributed by atoms with Crippen LogP contribution in [0.4, 0.5) is 0 Å². The van der Waals surface area contributed by atoms with Gasteiger partial charge in [0.25, 0.3) is 5.56 Å². The number of H-pyrrole nitrogens is 1. The Hall–Kier alpha value is -2.95. The number of hydrogen-bond donors (Lipinski definition) is 1. The van der Waals surface area contributed by atoms with Crippen LogP contribution in [0, 0.1) is 6.92 Å². The van der Waals surface area contributed by atoms with E-state index in [1.165, 1.54) is 4.57 Å². The van der Waals surface area contributed by atoms with Gasteiger partial charge in [-0.3, -0.25) is 14.3 Å². The first-order chi connectivity index (χ1) is 16.4. The van der Waals surface area contributed by atoms with E-state index in [2.05, 4.69) is 4.98 Å². The number of carbonyl (C=O) groups excluding carboxylic acids is 1. The number of thiophene rings is 1. The molecule has 0 radical (unpaired) electrons. The average molecular weight is 489 g/mol. The highest BCUT2D eigenvalue weighted by molar-refractivity contribution is 7.20. The summed E-state index contributed by atoms with van der Waals surface area (Å²) >= 11 is 1.08. The van der Waals surface area contributed by atoms with Gasteiger partial charge in [-0.2, -0.15) is 0 Å². The number of nitrogens with one attached hydrogen (secondary N) is 1. The van der Waals surface area contributed by atoms with E-state index in [-0.39, 0.29) is 19.3 Å². The summed E-state index contributed by atoms with van der Waals surface area (Å²) in [5.74, 6) is 0.127. The molecular weight excluding hydrogens is 460 g/mol. The molecule has 0 unspecified atom stereocenters. The number of aryl methyl sites for hydroxylation is 1. The third kappa shape index (κ3) is 4.79. The average Bonchev–Trinajstić information content (AvgIpc) is 3.19. The maximum atomic E-state index is 13.0. The SMILES string of the molecule is CCOC(=O)c1sc2c(c1C)c(=O)[nH]c(=O)n2C[C@H](OC1CCOCC1)c1ccccc1OC. The van der Waals surface area contributed by atoms with Crippen molar-refractivity contribution >= 4 is 27.5 Å². The number of fused-ring (bicyclic) bond motifs is 1. The number of rotatable bonds is 8. The van der Waals surface area contributed by atoms with Crippen molar-refractivity contribution in [1.82, 2.24) is 9.55 Å². The van der Waals surface area contributed by atoms with Crippen molar-refractivity contribution in [2.45, 2.75) is 45.4 Å². The van der Waals surface area contributed by atoms with Gasteiger partial charge in [0.15, 0.2) is 0 Å². The molecule has 1 N–H and O–H groups in total. The fourth-order valence-corrected chi connectivity index (χ4v) is 5.40. The molecule has 0 aliphatic carbocycles. The minimum absolute atomic E-state index is 0.0437. The van der Waals surface area contributed by atoms with Crippen LogP contribution < -0.4 is 16.0 Å². The predicted molar refractivity (Wildman–Crippen MR) is 128 cm³/mol. The molecule has 0 amide bonds. The number of para-hydroxylation sites is 1. The summed E-state index contributed by atoms with van der Waals surface area (Å²) in [7, 11) is 1.59. The number of methoxy groups -OCH3 is 1. The van der Waals surface area contributed by atoms with Crippen LogP contribution in [0.1, 0.15) is 46.7 Å². The van der Waals surface area contributed by atoms with Crippen molar-refractivity contribution in [2.24, 2.45) is 0 Å². The Balaban J connectivity index is 1.81. The zero-order valence-corrected chi connectivity index (χ0v) is 20.2. The lowest BCUT2D eigenvalue weighted by Gasteiger charge is -2.29. The van der Waals surface area contributed by atoms with Crippen molar-refractivity contribution < 1.29 is 23.7 Å². The van der Waals surface area contributed by atoms with E-state index >= 15 is 0 Å². The monoisotopic (exact) mass is 488 g/mol. The van der Waals surface area contributed by atoms with E-state index in [0.29, 0.717) is 39.6 Å². The Morgan fingerprint density at radius 1 is 1.26 bits per heavy atom. The lowest BCUT2D eigenvalue weighted by atomic mass is 10.1. The second-order valence-corrected chi connectivity index (χ2v) is 9.00. The number of carbonyl (C=O) groups is 1. The molecule has 1 aliphatic rings.